The third kappa shape index (κ3) is 5.03. The number of anilines is 1. The van der Waals surface area contributed by atoms with Crippen molar-refractivity contribution in [2.24, 2.45) is 0 Å². The molecule has 2 aromatic carbocycles. The quantitative estimate of drug-likeness (QED) is 0.493. The summed E-state index contributed by atoms with van der Waals surface area (Å²) in [5.74, 6) is -0.961. The van der Waals surface area contributed by atoms with Crippen LogP contribution < -0.4 is 15.0 Å². The fourth-order valence-electron chi connectivity index (χ4n) is 4.12. The minimum Gasteiger partial charge on any atom is -0.497 e. The second kappa shape index (κ2) is 10.1. The van der Waals surface area contributed by atoms with Gasteiger partial charge >= 0.3 is 0 Å². The number of hydrogen-bond acceptors (Lipinski definition) is 4. The molecule has 1 saturated carbocycles. The molecule has 0 bridgehead atoms. The number of halogens is 2. The topological polar surface area (TPSA) is 71.8 Å². The van der Waals surface area contributed by atoms with Gasteiger partial charge in [0.15, 0.2) is 5.76 Å². The smallest absolute Gasteiger partial charge is 0.294 e. The van der Waals surface area contributed by atoms with Crippen molar-refractivity contribution in [1.82, 2.24) is 5.32 Å². The number of furan rings is 1. The number of nitrogens with zero attached hydrogens (tertiary/aromatic N) is 1. The number of carbonyl (C=O) groups is 2. The van der Waals surface area contributed by atoms with Gasteiger partial charge in [-0.05, 0) is 60.9 Å². The molecule has 1 aromatic heterocycles. The molecule has 1 N–H and O–H groups in total. The van der Waals surface area contributed by atoms with Gasteiger partial charge in [0, 0.05) is 11.7 Å². The molecule has 4 rings (SSSR count). The lowest BCUT2D eigenvalue weighted by Crippen LogP contribution is -2.46. The van der Waals surface area contributed by atoms with Crippen LogP contribution in [-0.2, 0) is 4.79 Å². The first kappa shape index (κ1) is 22.9. The Kier molecular flexibility index (Phi) is 6.99. The lowest BCUT2D eigenvalue weighted by molar-refractivity contribution is -0.123. The summed E-state index contributed by atoms with van der Waals surface area (Å²) < 4.78 is 24.6. The van der Waals surface area contributed by atoms with E-state index in [9.17, 15) is 14.0 Å². The van der Waals surface area contributed by atoms with E-state index in [0.29, 0.717) is 11.3 Å². The molecule has 0 unspecified atom stereocenters. The molecule has 2 amide bonds. The van der Waals surface area contributed by atoms with E-state index in [0.717, 1.165) is 31.7 Å². The molecule has 3 aromatic rings. The van der Waals surface area contributed by atoms with Crippen LogP contribution in [0.5, 0.6) is 5.75 Å². The van der Waals surface area contributed by atoms with Crippen LogP contribution in [-0.4, -0.2) is 25.0 Å². The van der Waals surface area contributed by atoms with Crippen LogP contribution in [0.25, 0.3) is 0 Å². The molecule has 1 atom stereocenters. The van der Waals surface area contributed by atoms with Crippen LogP contribution >= 0.6 is 11.6 Å². The minimum absolute atomic E-state index is 0.0305. The standard InChI is InChI=1S/C25H24ClFN2O4/c1-32-19-9-4-6-16(14-19)23(24(30)28-17-7-2-3-8-17)29(25(31)22-10-5-13-33-22)18-11-12-21(27)20(26)15-18/h4-6,9-15,17,23H,2-3,7-8H2,1H3,(H,28,30)/t23-/m0/s1. The maximum Gasteiger partial charge on any atom is 0.294 e. The van der Waals surface area contributed by atoms with Crippen molar-refractivity contribution in [2.45, 2.75) is 37.8 Å². The SMILES string of the molecule is COc1cccc([C@@H](C(=O)NC2CCCC2)N(C(=O)c2ccco2)c2ccc(F)c(Cl)c2)c1. The van der Waals surface area contributed by atoms with E-state index in [4.69, 9.17) is 20.8 Å². The van der Waals surface area contributed by atoms with E-state index in [-0.39, 0.29) is 28.4 Å². The molecule has 0 spiro atoms. The third-order valence-corrected chi connectivity index (χ3v) is 6.04. The van der Waals surface area contributed by atoms with E-state index in [1.807, 2.05) is 0 Å². The van der Waals surface area contributed by atoms with Gasteiger partial charge in [-0.15, -0.1) is 0 Å². The van der Waals surface area contributed by atoms with Gasteiger partial charge < -0.3 is 14.5 Å². The van der Waals surface area contributed by atoms with Crippen molar-refractivity contribution in [3.8, 4) is 5.75 Å². The number of hydrogen-bond donors (Lipinski definition) is 1. The Bertz CT molecular complexity index is 1130. The number of amides is 2. The van der Waals surface area contributed by atoms with Gasteiger partial charge in [-0.1, -0.05) is 36.6 Å². The van der Waals surface area contributed by atoms with Crippen molar-refractivity contribution in [2.75, 3.05) is 12.0 Å². The number of methoxy groups -OCH3 is 1. The Hall–Kier alpha value is -3.32. The van der Waals surface area contributed by atoms with Crippen molar-refractivity contribution >= 4 is 29.1 Å². The van der Waals surface area contributed by atoms with E-state index in [1.54, 1.807) is 30.3 Å². The van der Waals surface area contributed by atoms with E-state index < -0.39 is 17.8 Å². The predicted molar refractivity (Wildman–Crippen MR) is 123 cm³/mol. The Morgan fingerprint density at radius 2 is 1.94 bits per heavy atom. The second-order valence-electron chi connectivity index (χ2n) is 7.92. The van der Waals surface area contributed by atoms with Crippen molar-refractivity contribution in [3.05, 3.63) is 83.0 Å². The van der Waals surface area contributed by atoms with Crippen LogP contribution in [0.1, 0.15) is 47.8 Å². The van der Waals surface area contributed by atoms with Crippen LogP contribution in [0.4, 0.5) is 10.1 Å². The average Bonchev–Trinajstić information content (AvgIpc) is 3.53. The van der Waals surface area contributed by atoms with E-state index in [2.05, 4.69) is 5.32 Å². The van der Waals surface area contributed by atoms with Crippen LogP contribution in [0.2, 0.25) is 5.02 Å². The Labute approximate surface area is 196 Å². The monoisotopic (exact) mass is 470 g/mol. The van der Waals surface area contributed by atoms with E-state index in [1.165, 1.54) is 36.5 Å². The van der Waals surface area contributed by atoms with Gasteiger partial charge in [0.05, 0.1) is 18.4 Å². The summed E-state index contributed by atoms with van der Waals surface area (Å²) in [6, 6.07) is 12.9. The zero-order valence-electron chi connectivity index (χ0n) is 18.1. The molecular weight excluding hydrogens is 447 g/mol. The summed E-state index contributed by atoms with van der Waals surface area (Å²) in [5, 5.41) is 2.92. The number of nitrogens with one attached hydrogen (secondary N) is 1. The molecule has 8 heteroatoms. The molecule has 0 aliphatic heterocycles. The average molecular weight is 471 g/mol. The zero-order valence-corrected chi connectivity index (χ0v) is 18.8. The summed E-state index contributed by atoms with van der Waals surface area (Å²) in [7, 11) is 1.53. The molecule has 1 fully saturated rings. The molecule has 1 aliphatic carbocycles. The van der Waals surface area contributed by atoms with Crippen LogP contribution in [0.3, 0.4) is 0 Å². The lowest BCUT2D eigenvalue weighted by Gasteiger charge is -2.32. The van der Waals surface area contributed by atoms with Gasteiger partial charge in [0.1, 0.15) is 17.6 Å². The Morgan fingerprint density at radius 3 is 2.61 bits per heavy atom. The van der Waals surface area contributed by atoms with Gasteiger partial charge in [-0.2, -0.15) is 0 Å². The summed E-state index contributed by atoms with van der Waals surface area (Å²) >= 11 is 6.05. The Morgan fingerprint density at radius 1 is 1.15 bits per heavy atom. The zero-order chi connectivity index (χ0) is 23.4. The normalized spacial score (nSPS) is 14.6. The molecule has 0 radical (unpaired) electrons. The van der Waals surface area contributed by atoms with Crippen LogP contribution in [0.15, 0.2) is 65.3 Å². The molecule has 33 heavy (non-hydrogen) atoms. The highest BCUT2D eigenvalue weighted by Crippen LogP contribution is 2.34. The van der Waals surface area contributed by atoms with Crippen molar-refractivity contribution in [3.63, 3.8) is 0 Å². The maximum absolute atomic E-state index is 13.9. The second-order valence-corrected chi connectivity index (χ2v) is 8.33. The third-order valence-electron chi connectivity index (χ3n) is 5.75. The molecular formula is C25H24ClFN2O4. The molecule has 1 aliphatic rings. The van der Waals surface area contributed by atoms with E-state index >= 15 is 0 Å². The van der Waals surface area contributed by atoms with Crippen molar-refractivity contribution in [1.29, 1.82) is 0 Å². The first-order valence-electron chi connectivity index (χ1n) is 10.7. The van der Waals surface area contributed by atoms with Gasteiger partial charge in [-0.25, -0.2) is 4.39 Å². The van der Waals surface area contributed by atoms with Crippen molar-refractivity contribution < 1.29 is 23.1 Å². The number of benzene rings is 2. The summed E-state index contributed by atoms with van der Waals surface area (Å²) in [6.45, 7) is 0. The molecule has 0 saturated heterocycles. The first-order valence-corrected chi connectivity index (χ1v) is 11.1. The summed E-state index contributed by atoms with van der Waals surface area (Å²) in [6.07, 6.45) is 5.22. The van der Waals surface area contributed by atoms with Gasteiger partial charge in [0.2, 0.25) is 5.91 Å². The summed E-state index contributed by atoms with van der Waals surface area (Å²) in [5.41, 5.74) is 0.794. The fraction of sp³-hybridized carbons (Fsp3) is 0.280. The highest BCUT2D eigenvalue weighted by Gasteiger charge is 2.36. The fourth-order valence-corrected chi connectivity index (χ4v) is 4.29. The first-order chi connectivity index (χ1) is 16.0. The number of ether oxygens (including phenoxy) is 1. The number of carbonyl (C=O) groups excluding carboxylic acids is 2. The van der Waals surface area contributed by atoms with Gasteiger partial charge in [0.25, 0.3) is 5.91 Å². The Balaban J connectivity index is 1.84. The summed E-state index contributed by atoms with van der Waals surface area (Å²) in [4.78, 5) is 28.5. The maximum atomic E-state index is 13.9. The van der Waals surface area contributed by atoms with Crippen LogP contribution in [0, 0.1) is 5.82 Å². The highest BCUT2D eigenvalue weighted by atomic mass is 35.5. The molecule has 1 heterocycles. The lowest BCUT2D eigenvalue weighted by atomic mass is 10.0. The van der Waals surface area contributed by atoms with Gasteiger partial charge in [-0.3, -0.25) is 14.5 Å². The predicted octanol–water partition coefficient (Wildman–Crippen LogP) is 5.53. The largest absolute Gasteiger partial charge is 0.497 e. The number of rotatable bonds is 7. The molecule has 6 nitrogen and oxygen atoms in total. The molecule has 172 valence electrons. The highest BCUT2D eigenvalue weighted by molar-refractivity contribution is 6.31. The minimum atomic E-state index is -1.07.